The van der Waals surface area contributed by atoms with Crippen LogP contribution in [0.25, 0.3) is 0 Å². The van der Waals surface area contributed by atoms with Gasteiger partial charge in [-0.1, -0.05) is 24.3 Å². The van der Waals surface area contributed by atoms with Crippen LogP contribution < -0.4 is 10.5 Å². The highest BCUT2D eigenvalue weighted by atomic mass is 19.1. The largest absolute Gasteiger partial charge is 0.493 e. The van der Waals surface area contributed by atoms with Gasteiger partial charge in [-0.25, -0.2) is 8.78 Å². The van der Waals surface area contributed by atoms with Crippen LogP contribution in [-0.2, 0) is 6.42 Å². The van der Waals surface area contributed by atoms with Crippen molar-refractivity contribution >= 4 is 0 Å². The van der Waals surface area contributed by atoms with Crippen LogP contribution in [0, 0.1) is 18.6 Å². The number of para-hydroxylation sites is 1. The van der Waals surface area contributed by atoms with Gasteiger partial charge in [-0.15, -0.1) is 0 Å². The average Bonchev–Trinajstić information content (AvgIpc) is 2.91. The van der Waals surface area contributed by atoms with Gasteiger partial charge in [0.2, 0.25) is 0 Å². The van der Waals surface area contributed by atoms with Crippen LogP contribution in [0.1, 0.15) is 28.3 Å². The van der Waals surface area contributed by atoms with Gasteiger partial charge < -0.3 is 10.5 Å². The molecule has 0 bridgehead atoms. The van der Waals surface area contributed by atoms with E-state index in [9.17, 15) is 8.78 Å². The maximum absolute atomic E-state index is 14.2. The third-order valence-corrected chi connectivity index (χ3v) is 3.71. The first kappa shape index (κ1) is 13.1. The first-order chi connectivity index (χ1) is 9.59. The second-order valence-electron chi connectivity index (χ2n) is 5.00. The quantitative estimate of drug-likeness (QED) is 0.913. The van der Waals surface area contributed by atoms with Crippen molar-refractivity contribution in [1.82, 2.24) is 0 Å². The van der Waals surface area contributed by atoms with Gasteiger partial charge in [0, 0.05) is 17.5 Å². The van der Waals surface area contributed by atoms with Crippen molar-refractivity contribution in [3.8, 4) is 5.75 Å². The number of halogens is 2. The maximum atomic E-state index is 14.2. The van der Waals surface area contributed by atoms with E-state index in [-0.39, 0.29) is 5.56 Å². The van der Waals surface area contributed by atoms with Crippen LogP contribution in [0.5, 0.6) is 5.75 Å². The van der Waals surface area contributed by atoms with Crippen molar-refractivity contribution in [2.75, 3.05) is 6.61 Å². The molecule has 1 aliphatic rings. The minimum absolute atomic E-state index is 0.103. The fourth-order valence-electron chi connectivity index (χ4n) is 2.60. The highest BCUT2D eigenvalue weighted by Gasteiger charge is 2.25. The zero-order valence-electron chi connectivity index (χ0n) is 11.1. The van der Waals surface area contributed by atoms with E-state index in [1.54, 1.807) is 13.0 Å². The molecule has 0 amide bonds. The summed E-state index contributed by atoms with van der Waals surface area (Å²) in [5, 5.41) is 0. The normalized spacial score (nSPS) is 14.8. The third kappa shape index (κ3) is 1.96. The predicted molar refractivity (Wildman–Crippen MR) is 72.8 cm³/mol. The summed E-state index contributed by atoms with van der Waals surface area (Å²) in [4.78, 5) is 0. The Morgan fingerprint density at radius 1 is 1.20 bits per heavy atom. The molecule has 4 heteroatoms. The summed E-state index contributed by atoms with van der Waals surface area (Å²) in [6.07, 6.45) is 0.800. The summed E-state index contributed by atoms with van der Waals surface area (Å²) in [6.45, 7) is 2.18. The standard InChI is InChI=1S/C16H15F2NO/c1-9-5-6-12(17)13(14(9)18)15(19)11-4-2-3-10-7-8-20-16(10)11/h2-6,15H,7-8,19H2,1H3. The lowest BCUT2D eigenvalue weighted by Gasteiger charge is -2.18. The smallest absolute Gasteiger partial charge is 0.134 e. The average molecular weight is 275 g/mol. The highest BCUT2D eigenvalue weighted by molar-refractivity contribution is 5.49. The molecule has 3 rings (SSSR count). The molecule has 0 spiro atoms. The Morgan fingerprint density at radius 3 is 2.80 bits per heavy atom. The number of benzene rings is 2. The molecule has 1 aliphatic heterocycles. The molecular weight excluding hydrogens is 260 g/mol. The lowest BCUT2D eigenvalue weighted by atomic mass is 9.94. The minimum atomic E-state index is -0.872. The van der Waals surface area contributed by atoms with E-state index in [1.165, 1.54) is 12.1 Å². The van der Waals surface area contributed by atoms with Crippen LogP contribution in [0.15, 0.2) is 30.3 Å². The van der Waals surface area contributed by atoms with Crippen LogP contribution in [0.3, 0.4) is 0 Å². The van der Waals surface area contributed by atoms with Gasteiger partial charge in [-0.2, -0.15) is 0 Å². The Morgan fingerprint density at radius 2 is 2.00 bits per heavy atom. The van der Waals surface area contributed by atoms with Gasteiger partial charge in [0.1, 0.15) is 17.4 Å². The van der Waals surface area contributed by atoms with Gasteiger partial charge in [0.05, 0.1) is 12.6 Å². The van der Waals surface area contributed by atoms with Crippen LogP contribution in [0.4, 0.5) is 8.78 Å². The molecular formula is C16H15F2NO. The van der Waals surface area contributed by atoms with Crippen molar-refractivity contribution in [3.05, 3.63) is 64.2 Å². The number of nitrogens with two attached hydrogens (primary N) is 1. The van der Waals surface area contributed by atoms with E-state index >= 15 is 0 Å². The van der Waals surface area contributed by atoms with Crippen molar-refractivity contribution in [1.29, 1.82) is 0 Å². The monoisotopic (exact) mass is 275 g/mol. The molecule has 2 aromatic carbocycles. The second-order valence-corrected chi connectivity index (χ2v) is 5.00. The molecule has 0 aromatic heterocycles. The zero-order valence-corrected chi connectivity index (χ0v) is 11.1. The van der Waals surface area contributed by atoms with E-state index in [0.29, 0.717) is 23.5 Å². The molecule has 2 nitrogen and oxygen atoms in total. The maximum Gasteiger partial charge on any atom is 0.134 e. The Bertz CT molecular complexity index is 670. The van der Waals surface area contributed by atoms with E-state index in [2.05, 4.69) is 0 Å². The van der Waals surface area contributed by atoms with Gasteiger partial charge in [0.15, 0.2) is 0 Å². The van der Waals surface area contributed by atoms with Gasteiger partial charge in [-0.3, -0.25) is 0 Å². The van der Waals surface area contributed by atoms with E-state index in [4.69, 9.17) is 10.5 Å². The van der Waals surface area contributed by atoms with E-state index < -0.39 is 17.7 Å². The highest BCUT2D eigenvalue weighted by Crippen LogP contribution is 2.36. The molecule has 0 saturated heterocycles. The summed E-state index contributed by atoms with van der Waals surface area (Å²) in [5.41, 5.74) is 8.04. The topological polar surface area (TPSA) is 35.2 Å². The van der Waals surface area contributed by atoms with Crippen LogP contribution in [-0.4, -0.2) is 6.61 Å². The predicted octanol–water partition coefficient (Wildman–Crippen LogP) is 3.26. The van der Waals surface area contributed by atoms with Gasteiger partial charge in [0.25, 0.3) is 0 Å². The summed E-state index contributed by atoms with van der Waals surface area (Å²) in [7, 11) is 0. The molecule has 1 heterocycles. The Hall–Kier alpha value is -1.94. The van der Waals surface area contributed by atoms with Crippen molar-refractivity contribution < 1.29 is 13.5 Å². The first-order valence-corrected chi connectivity index (χ1v) is 6.54. The fraction of sp³-hybridized carbons (Fsp3) is 0.250. The summed E-state index contributed by atoms with van der Waals surface area (Å²) < 4.78 is 33.7. The molecule has 0 saturated carbocycles. The lowest BCUT2D eigenvalue weighted by Crippen LogP contribution is -2.17. The molecule has 2 aromatic rings. The molecule has 0 fully saturated rings. The summed E-state index contributed by atoms with van der Waals surface area (Å²) >= 11 is 0. The molecule has 20 heavy (non-hydrogen) atoms. The first-order valence-electron chi connectivity index (χ1n) is 6.54. The summed E-state index contributed by atoms with van der Waals surface area (Å²) in [5.74, 6) is -0.551. The fourth-order valence-corrected chi connectivity index (χ4v) is 2.60. The molecule has 0 aliphatic carbocycles. The Balaban J connectivity index is 2.13. The minimum Gasteiger partial charge on any atom is -0.493 e. The Labute approximate surface area is 116 Å². The number of hydrogen-bond acceptors (Lipinski definition) is 2. The number of ether oxygens (including phenoxy) is 1. The molecule has 1 atom stereocenters. The van der Waals surface area contributed by atoms with E-state index in [1.807, 2.05) is 12.1 Å². The van der Waals surface area contributed by atoms with Gasteiger partial charge >= 0.3 is 0 Å². The number of rotatable bonds is 2. The molecule has 2 N–H and O–H groups in total. The van der Waals surface area contributed by atoms with E-state index in [0.717, 1.165) is 12.0 Å². The molecule has 0 radical (unpaired) electrons. The van der Waals surface area contributed by atoms with Crippen LogP contribution in [0.2, 0.25) is 0 Å². The second kappa shape index (κ2) is 4.87. The number of hydrogen-bond donors (Lipinski definition) is 1. The molecule has 104 valence electrons. The van der Waals surface area contributed by atoms with Gasteiger partial charge in [-0.05, 0) is 24.1 Å². The number of fused-ring (bicyclic) bond motifs is 1. The van der Waals surface area contributed by atoms with Crippen molar-refractivity contribution in [3.63, 3.8) is 0 Å². The van der Waals surface area contributed by atoms with Crippen molar-refractivity contribution in [2.24, 2.45) is 5.73 Å². The lowest BCUT2D eigenvalue weighted by molar-refractivity contribution is 0.352. The molecule has 1 unspecified atom stereocenters. The van der Waals surface area contributed by atoms with Crippen molar-refractivity contribution in [2.45, 2.75) is 19.4 Å². The third-order valence-electron chi connectivity index (χ3n) is 3.71. The Kier molecular flexibility index (Phi) is 3.18. The van der Waals surface area contributed by atoms with Crippen LogP contribution >= 0.6 is 0 Å². The summed E-state index contributed by atoms with van der Waals surface area (Å²) in [6, 6.07) is 7.33. The number of aryl methyl sites for hydroxylation is 1. The zero-order chi connectivity index (χ0) is 14.3. The SMILES string of the molecule is Cc1ccc(F)c(C(N)c2cccc3c2OCC3)c1F.